The fraction of sp³-hybridized carbons (Fsp3) is 0.500. The molecule has 0 unspecified atom stereocenters. The highest BCUT2D eigenvalue weighted by Crippen LogP contribution is 2.30. The van der Waals surface area contributed by atoms with Crippen molar-refractivity contribution in [3.05, 3.63) is 28.2 Å². The average molecular weight is 395 g/mol. The topological polar surface area (TPSA) is 54.5 Å². The first-order valence-electron chi connectivity index (χ1n) is 6.74. The molecule has 0 radical (unpaired) electrons. The predicted octanol–water partition coefficient (Wildman–Crippen LogP) is 3.64. The molecule has 21 heavy (non-hydrogen) atoms. The predicted molar refractivity (Wildman–Crippen MR) is 86.1 cm³/mol. The first-order chi connectivity index (χ1) is 9.68. The number of halogens is 2. The lowest BCUT2D eigenvalue weighted by atomic mass is 10.1. The largest absolute Gasteiger partial charge is 0.335 e. The van der Waals surface area contributed by atoms with Crippen LogP contribution < -0.4 is 0 Å². The Morgan fingerprint density at radius 3 is 2.48 bits per heavy atom. The van der Waals surface area contributed by atoms with Gasteiger partial charge in [0.25, 0.3) is 15.0 Å². The fourth-order valence-corrected chi connectivity index (χ4v) is 3.62. The molecule has 0 saturated heterocycles. The maximum absolute atomic E-state index is 12.7. The third-order valence-electron chi connectivity index (χ3n) is 3.21. The van der Waals surface area contributed by atoms with Crippen molar-refractivity contribution in [1.29, 1.82) is 0 Å². The summed E-state index contributed by atoms with van der Waals surface area (Å²) in [5.74, 6) is 0.215. The van der Waals surface area contributed by atoms with E-state index in [-0.39, 0.29) is 16.8 Å². The van der Waals surface area contributed by atoms with E-state index in [1.807, 2.05) is 4.90 Å². The zero-order chi connectivity index (χ0) is 15.8. The molecule has 4 nitrogen and oxygen atoms in total. The molecule has 0 bridgehead atoms. The lowest BCUT2D eigenvalue weighted by Gasteiger charge is -2.24. The van der Waals surface area contributed by atoms with E-state index >= 15 is 0 Å². The van der Waals surface area contributed by atoms with Crippen LogP contribution in [0, 0.1) is 5.92 Å². The summed E-state index contributed by atoms with van der Waals surface area (Å²) in [5.41, 5.74) is 0.344. The maximum atomic E-state index is 12.7. The van der Waals surface area contributed by atoms with Gasteiger partial charge in [-0.05, 0) is 37.0 Å². The Balaban J connectivity index is 2.35. The summed E-state index contributed by atoms with van der Waals surface area (Å²) < 4.78 is 23.5. The zero-order valence-corrected chi connectivity index (χ0v) is 15.0. The maximum Gasteiger partial charge on any atom is 0.261 e. The van der Waals surface area contributed by atoms with Gasteiger partial charge in [-0.15, -0.1) is 0 Å². The van der Waals surface area contributed by atoms with Gasteiger partial charge in [-0.25, -0.2) is 8.42 Å². The quantitative estimate of drug-likeness (QED) is 0.717. The van der Waals surface area contributed by atoms with Crippen LogP contribution in [0.5, 0.6) is 0 Å². The molecule has 1 aliphatic carbocycles. The molecular formula is C14H17BrClNO3S. The number of nitrogens with zero attached hydrogens (tertiary/aromatic N) is 1. The van der Waals surface area contributed by atoms with Crippen LogP contribution in [0.4, 0.5) is 0 Å². The number of carbonyl (C=O) groups is 1. The second-order valence-corrected chi connectivity index (χ2v) is 9.18. The van der Waals surface area contributed by atoms with Gasteiger partial charge in [-0.2, -0.15) is 0 Å². The smallest absolute Gasteiger partial charge is 0.261 e. The van der Waals surface area contributed by atoms with Crippen LogP contribution in [0.15, 0.2) is 27.6 Å². The first-order valence-corrected chi connectivity index (χ1v) is 9.85. The van der Waals surface area contributed by atoms with Crippen molar-refractivity contribution in [3.8, 4) is 0 Å². The van der Waals surface area contributed by atoms with E-state index < -0.39 is 9.05 Å². The molecule has 0 spiro atoms. The minimum Gasteiger partial charge on any atom is -0.335 e. The van der Waals surface area contributed by atoms with Gasteiger partial charge in [0.05, 0.1) is 4.90 Å². The van der Waals surface area contributed by atoms with Crippen molar-refractivity contribution in [2.24, 2.45) is 5.92 Å². The van der Waals surface area contributed by atoms with E-state index in [2.05, 4.69) is 29.8 Å². The van der Waals surface area contributed by atoms with Gasteiger partial charge in [0.1, 0.15) is 0 Å². The molecule has 0 aromatic heterocycles. The molecule has 2 rings (SSSR count). The summed E-state index contributed by atoms with van der Waals surface area (Å²) in [4.78, 5) is 14.4. The first kappa shape index (κ1) is 16.8. The van der Waals surface area contributed by atoms with E-state index in [9.17, 15) is 13.2 Å². The second-order valence-electron chi connectivity index (χ2n) is 5.70. The Labute approximate surface area is 138 Å². The van der Waals surface area contributed by atoms with Crippen molar-refractivity contribution < 1.29 is 13.2 Å². The molecule has 0 aliphatic heterocycles. The van der Waals surface area contributed by atoms with Gasteiger partial charge in [0, 0.05) is 33.3 Å². The van der Waals surface area contributed by atoms with Crippen molar-refractivity contribution in [2.45, 2.75) is 37.6 Å². The number of hydrogen-bond acceptors (Lipinski definition) is 3. The Morgan fingerprint density at radius 2 is 2.00 bits per heavy atom. The lowest BCUT2D eigenvalue weighted by Crippen LogP contribution is -2.36. The van der Waals surface area contributed by atoms with Crippen LogP contribution in [0.3, 0.4) is 0 Å². The van der Waals surface area contributed by atoms with E-state index in [0.717, 1.165) is 12.8 Å². The standard InChI is InChI=1S/C14H17BrClNO3S/c1-9(2)8-17(12-3-4-12)14(18)10-5-11(15)7-13(6-10)21(16,19)20/h5-7,9,12H,3-4,8H2,1-2H3. The van der Waals surface area contributed by atoms with Crippen LogP contribution in [-0.4, -0.2) is 31.8 Å². The Morgan fingerprint density at radius 1 is 1.38 bits per heavy atom. The Hall–Kier alpha value is -0.590. The molecule has 0 N–H and O–H groups in total. The number of amides is 1. The summed E-state index contributed by atoms with van der Waals surface area (Å²) in [6.07, 6.45) is 2.01. The average Bonchev–Trinajstić information content (AvgIpc) is 3.17. The van der Waals surface area contributed by atoms with Crippen molar-refractivity contribution in [2.75, 3.05) is 6.54 Å². The van der Waals surface area contributed by atoms with Crippen LogP contribution >= 0.6 is 26.6 Å². The minimum atomic E-state index is -3.86. The molecule has 0 atom stereocenters. The molecule has 1 saturated carbocycles. The molecule has 1 aromatic rings. The SMILES string of the molecule is CC(C)CN(C(=O)c1cc(Br)cc(S(=O)(=O)Cl)c1)C1CC1. The molecule has 1 aromatic carbocycles. The van der Waals surface area contributed by atoms with Gasteiger partial charge >= 0.3 is 0 Å². The van der Waals surface area contributed by atoms with Gasteiger partial charge in [-0.3, -0.25) is 4.79 Å². The number of carbonyl (C=O) groups excluding carboxylic acids is 1. The number of benzene rings is 1. The highest BCUT2D eigenvalue weighted by atomic mass is 79.9. The summed E-state index contributed by atoms with van der Waals surface area (Å²) in [5, 5.41) is 0. The molecule has 1 fully saturated rings. The normalized spacial score (nSPS) is 15.3. The zero-order valence-electron chi connectivity index (χ0n) is 11.8. The monoisotopic (exact) mass is 393 g/mol. The van der Waals surface area contributed by atoms with E-state index in [4.69, 9.17) is 10.7 Å². The molecule has 0 heterocycles. The fourth-order valence-electron chi connectivity index (χ4n) is 2.17. The second kappa shape index (κ2) is 6.26. The highest BCUT2D eigenvalue weighted by Gasteiger charge is 2.33. The van der Waals surface area contributed by atoms with Crippen LogP contribution in [0.1, 0.15) is 37.0 Å². The van der Waals surface area contributed by atoms with E-state index in [1.54, 1.807) is 6.07 Å². The summed E-state index contributed by atoms with van der Waals surface area (Å²) in [7, 11) is 1.51. The Bertz CT molecular complexity index is 656. The van der Waals surface area contributed by atoms with Crippen molar-refractivity contribution >= 4 is 41.6 Å². The van der Waals surface area contributed by atoms with Gasteiger partial charge in [0.2, 0.25) is 0 Å². The van der Waals surface area contributed by atoms with E-state index in [0.29, 0.717) is 22.5 Å². The van der Waals surface area contributed by atoms with Gasteiger partial charge in [-0.1, -0.05) is 29.8 Å². The molecule has 116 valence electrons. The number of rotatable bonds is 5. The van der Waals surface area contributed by atoms with Gasteiger partial charge in [0.15, 0.2) is 0 Å². The summed E-state index contributed by atoms with van der Waals surface area (Å²) in [6, 6.07) is 4.63. The number of hydrogen-bond donors (Lipinski definition) is 0. The van der Waals surface area contributed by atoms with Gasteiger partial charge < -0.3 is 4.90 Å². The molecule has 1 amide bonds. The summed E-state index contributed by atoms with van der Waals surface area (Å²) >= 11 is 3.23. The van der Waals surface area contributed by atoms with Crippen molar-refractivity contribution in [3.63, 3.8) is 0 Å². The van der Waals surface area contributed by atoms with E-state index in [1.165, 1.54) is 12.1 Å². The lowest BCUT2D eigenvalue weighted by molar-refractivity contribution is 0.0722. The highest BCUT2D eigenvalue weighted by molar-refractivity contribution is 9.10. The summed E-state index contributed by atoms with van der Waals surface area (Å²) in [6.45, 7) is 4.77. The minimum absolute atomic E-state index is 0.0674. The molecule has 7 heteroatoms. The third kappa shape index (κ3) is 4.44. The molecule has 1 aliphatic rings. The van der Waals surface area contributed by atoms with Crippen LogP contribution in [0.25, 0.3) is 0 Å². The Kier molecular flexibility index (Phi) is 5.00. The molecular weight excluding hydrogens is 378 g/mol. The third-order valence-corrected chi connectivity index (χ3v) is 5.00. The van der Waals surface area contributed by atoms with Crippen LogP contribution in [-0.2, 0) is 9.05 Å². The van der Waals surface area contributed by atoms with Crippen LogP contribution in [0.2, 0.25) is 0 Å². The van der Waals surface area contributed by atoms with Crippen molar-refractivity contribution in [1.82, 2.24) is 4.90 Å².